The van der Waals surface area contributed by atoms with Crippen LogP contribution >= 0.6 is 0 Å². The van der Waals surface area contributed by atoms with Gasteiger partial charge >= 0.3 is 0 Å². The van der Waals surface area contributed by atoms with Gasteiger partial charge in [0, 0.05) is 37.5 Å². The zero-order chi connectivity index (χ0) is 14.7. The average molecular weight is 271 g/mol. The van der Waals surface area contributed by atoms with Crippen molar-refractivity contribution in [3.63, 3.8) is 0 Å². The van der Waals surface area contributed by atoms with Gasteiger partial charge in [0.05, 0.1) is 6.20 Å². The molecule has 0 aliphatic heterocycles. The fraction of sp³-hybridized carbons (Fsp3) is 0.375. The fourth-order valence-electron chi connectivity index (χ4n) is 2.13. The Kier molecular flexibility index (Phi) is 4.23. The molecule has 20 heavy (non-hydrogen) atoms. The van der Waals surface area contributed by atoms with Crippen LogP contribution in [0.3, 0.4) is 0 Å². The lowest BCUT2D eigenvalue weighted by molar-refractivity contribution is 0.0785. The lowest BCUT2D eigenvalue weighted by Gasteiger charge is -2.17. The molecule has 1 heterocycles. The molecular weight excluding hydrogens is 250 g/mol. The van der Waals surface area contributed by atoms with Crippen molar-refractivity contribution < 1.29 is 4.79 Å². The highest BCUT2D eigenvalue weighted by molar-refractivity contribution is 5.94. The van der Waals surface area contributed by atoms with Crippen molar-refractivity contribution in [1.29, 1.82) is 0 Å². The van der Waals surface area contributed by atoms with Crippen LogP contribution in [0.5, 0.6) is 0 Å². The number of benzene rings is 1. The van der Waals surface area contributed by atoms with Gasteiger partial charge in [-0.25, -0.2) is 0 Å². The van der Waals surface area contributed by atoms with Crippen LogP contribution in [0.15, 0.2) is 30.5 Å². The molecule has 0 saturated carbocycles. The highest BCUT2D eigenvalue weighted by Gasteiger charge is 2.14. The van der Waals surface area contributed by atoms with Crippen LogP contribution in [0.25, 0.3) is 0 Å². The molecule has 0 aliphatic carbocycles. The van der Waals surface area contributed by atoms with Gasteiger partial charge in [-0.1, -0.05) is 19.1 Å². The Morgan fingerprint density at radius 2 is 1.95 bits per heavy atom. The van der Waals surface area contributed by atoms with Crippen LogP contribution in [0.1, 0.15) is 34.1 Å². The van der Waals surface area contributed by atoms with Gasteiger partial charge in [-0.15, -0.1) is 0 Å². The summed E-state index contributed by atoms with van der Waals surface area (Å²) in [5, 5.41) is 4.20. The molecule has 1 aromatic carbocycles. The molecule has 0 radical (unpaired) electrons. The molecule has 0 unspecified atom stereocenters. The van der Waals surface area contributed by atoms with Crippen molar-refractivity contribution in [2.45, 2.75) is 26.8 Å². The Labute approximate surface area is 120 Å². The summed E-state index contributed by atoms with van der Waals surface area (Å²) in [5.41, 5.74) is 4.14. The molecule has 2 rings (SSSR count). The van der Waals surface area contributed by atoms with E-state index in [-0.39, 0.29) is 5.91 Å². The third-order valence-electron chi connectivity index (χ3n) is 3.70. The van der Waals surface area contributed by atoms with E-state index in [1.54, 1.807) is 4.90 Å². The molecule has 0 atom stereocenters. The number of rotatable bonds is 4. The molecular formula is C16H21N3O. The molecule has 0 aliphatic rings. The Morgan fingerprint density at radius 3 is 2.45 bits per heavy atom. The molecule has 1 aromatic heterocycles. The molecule has 0 spiro atoms. The molecule has 0 N–H and O–H groups in total. The second-order valence-corrected chi connectivity index (χ2v) is 5.09. The predicted molar refractivity (Wildman–Crippen MR) is 79.6 cm³/mol. The Hall–Kier alpha value is -2.10. The summed E-state index contributed by atoms with van der Waals surface area (Å²) in [6.07, 6.45) is 2.80. The van der Waals surface area contributed by atoms with E-state index >= 15 is 0 Å². The number of nitrogens with zero attached hydrogens (tertiary/aromatic N) is 3. The van der Waals surface area contributed by atoms with Crippen LogP contribution in [-0.4, -0.2) is 27.6 Å². The van der Waals surface area contributed by atoms with Crippen molar-refractivity contribution in [3.05, 3.63) is 52.8 Å². The van der Waals surface area contributed by atoms with E-state index in [0.717, 1.165) is 23.2 Å². The first-order valence-electron chi connectivity index (χ1n) is 6.84. The number of carbonyl (C=O) groups is 1. The van der Waals surface area contributed by atoms with Gasteiger partial charge in [0.15, 0.2) is 0 Å². The Morgan fingerprint density at radius 1 is 1.30 bits per heavy atom. The monoisotopic (exact) mass is 271 g/mol. The third-order valence-corrected chi connectivity index (χ3v) is 3.70. The number of aromatic nitrogens is 2. The normalized spacial score (nSPS) is 10.6. The lowest BCUT2D eigenvalue weighted by Crippen LogP contribution is -2.26. The zero-order valence-electron chi connectivity index (χ0n) is 12.6. The zero-order valence-corrected chi connectivity index (χ0v) is 12.6. The SMILES string of the molecule is CCc1ccc(C(=O)N(C)Cc2cnn(C)c2C)cc1. The summed E-state index contributed by atoms with van der Waals surface area (Å²) in [6, 6.07) is 7.81. The van der Waals surface area contributed by atoms with E-state index in [1.807, 2.05) is 56.2 Å². The van der Waals surface area contributed by atoms with Crippen LogP contribution < -0.4 is 0 Å². The average Bonchev–Trinajstić information content (AvgIpc) is 2.78. The van der Waals surface area contributed by atoms with E-state index < -0.39 is 0 Å². The van der Waals surface area contributed by atoms with E-state index in [4.69, 9.17) is 0 Å². The first-order chi connectivity index (χ1) is 9.52. The number of carbonyl (C=O) groups excluding carboxylic acids is 1. The number of aryl methyl sites for hydroxylation is 2. The summed E-state index contributed by atoms with van der Waals surface area (Å²) in [5.74, 6) is 0.0379. The smallest absolute Gasteiger partial charge is 0.253 e. The standard InChI is InChI=1S/C16H21N3O/c1-5-13-6-8-14(9-7-13)16(20)18(3)11-15-10-17-19(4)12(15)2/h6-10H,5,11H2,1-4H3. The largest absolute Gasteiger partial charge is 0.337 e. The number of amides is 1. The van der Waals surface area contributed by atoms with E-state index in [9.17, 15) is 4.79 Å². The summed E-state index contributed by atoms with van der Waals surface area (Å²) >= 11 is 0. The summed E-state index contributed by atoms with van der Waals surface area (Å²) < 4.78 is 1.82. The third kappa shape index (κ3) is 2.90. The first-order valence-corrected chi connectivity index (χ1v) is 6.84. The molecule has 1 amide bonds. The lowest BCUT2D eigenvalue weighted by atomic mass is 10.1. The quantitative estimate of drug-likeness (QED) is 0.857. The number of hydrogen-bond acceptors (Lipinski definition) is 2. The van der Waals surface area contributed by atoms with Crippen LogP contribution in [-0.2, 0) is 20.0 Å². The van der Waals surface area contributed by atoms with Gasteiger partial charge in [0.1, 0.15) is 0 Å². The van der Waals surface area contributed by atoms with Crippen LogP contribution in [0.2, 0.25) is 0 Å². The minimum Gasteiger partial charge on any atom is -0.337 e. The van der Waals surface area contributed by atoms with Crippen LogP contribution in [0, 0.1) is 6.92 Å². The Bertz CT molecular complexity index is 599. The first kappa shape index (κ1) is 14.3. The van der Waals surface area contributed by atoms with E-state index in [1.165, 1.54) is 5.56 Å². The minimum absolute atomic E-state index is 0.0379. The highest BCUT2D eigenvalue weighted by Crippen LogP contribution is 2.12. The molecule has 106 valence electrons. The molecule has 0 bridgehead atoms. The minimum atomic E-state index is 0.0379. The summed E-state index contributed by atoms with van der Waals surface area (Å²) in [7, 11) is 3.73. The topological polar surface area (TPSA) is 38.1 Å². The maximum atomic E-state index is 12.4. The summed E-state index contributed by atoms with van der Waals surface area (Å²) in [4.78, 5) is 14.1. The van der Waals surface area contributed by atoms with Gasteiger partial charge in [-0.2, -0.15) is 5.10 Å². The second-order valence-electron chi connectivity index (χ2n) is 5.09. The Balaban J connectivity index is 2.09. The fourth-order valence-corrected chi connectivity index (χ4v) is 2.13. The number of hydrogen-bond donors (Lipinski definition) is 0. The van der Waals surface area contributed by atoms with Crippen molar-refractivity contribution in [3.8, 4) is 0 Å². The molecule has 4 nitrogen and oxygen atoms in total. The predicted octanol–water partition coefficient (Wildman–Crippen LogP) is 2.56. The van der Waals surface area contributed by atoms with Crippen molar-refractivity contribution in [2.75, 3.05) is 7.05 Å². The van der Waals surface area contributed by atoms with Crippen molar-refractivity contribution in [1.82, 2.24) is 14.7 Å². The van der Waals surface area contributed by atoms with E-state index in [2.05, 4.69) is 12.0 Å². The molecule has 4 heteroatoms. The second kappa shape index (κ2) is 5.90. The molecule has 0 fully saturated rings. The van der Waals surface area contributed by atoms with Gasteiger partial charge in [-0.05, 0) is 31.0 Å². The van der Waals surface area contributed by atoms with Gasteiger partial charge in [-0.3, -0.25) is 9.48 Å². The van der Waals surface area contributed by atoms with Crippen LogP contribution in [0.4, 0.5) is 0 Å². The van der Waals surface area contributed by atoms with Gasteiger partial charge in [0.2, 0.25) is 0 Å². The van der Waals surface area contributed by atoms with E-state index in [0.29, 0.717) is 6.54 Å². The van der Waals surface area contributed by atoms with Gasteiger partial charge < -0.3 is 4.90 Å². The maximum absolute atomic E-state index is 12.4. The maximum Gasteiger partial charge on any atom is 0.253 e. The molecule has 0 saturated heterocycles. The van der Waals surface area contributed by atoms with Crippen molar-refractivity contribution in [2.24, 2.45) is 7.05 Å². The van der Waals surface area contributed by atoms with Crippen molar-refractivity contribution >= 4 is 5.91 Å². The molecule has 2 aromatic rings. The van der Waals surface area contributed by atoms with Gasteiger partial charge in [0.25, 0.3) is 5.91 Å². The summed E-state index contributed by atoms with van der Waals surface area (Å²) in [6.45, 7) is 4.69. The highest BCUT2D eigenvalue weighted by atomic mass is 16.2.